The van der Waals surface area contributed by atoms with Crippen LogP contribution < -0.4 is 19.6 Å². The Labute approximate surface area is 401 Å². The number of benzene rings is 4. The first-order valence-corrected chi connectivity index (χ1v) is 21.7. The van der Waals surface area contributed by atoms with Gasteiger partial charge in [-0.25, -0.2) is 17.6 Å². The topological polar surface area (TPSA) is 167 Å². The molecule has 0 bridgehead atoms. The molecule has 23 heteroatoms. The summed E-state index contributed by atoms with van der Waals surface area (Å²) < 4.78 is 119. The summed E-state index contributed by atoms with van der Waals surface area (Å²) >= 11 is 0. The molecular weight excluding hydrogens is 1010 g/mol. The van der Waals surface area contributed by atoms with Crippen LogP contribution in [0.2, 0.25) is 0 Å². The van der Waals surface area contributed by atoms with Crippen LogP contribution in [0.1, 0.15) is 60.0 Å². The second-order valence-corrected chi connectivity index (χ2v) is 16.9. The maximum absolute atomic E-state index is 14.0. The van der Waals surface area contributed by atoms with Crippen molar-refractivity contribution in [2.75, 3.05) is 38.0 Å². The van der Waals surface area contributed by atoms with Crippen LogP contribution >= 0.6 is 0 Å². The Morgan fingerprint density at radius 3 is 1.40 bits per heavy atom. The van der Waals surface area contributed by atoms with Gasteiger partial charge in [-0.15, -0.1) is 15.3 Å². The first-order valence-electron chi connectivity index (χ1n) is 20.3. The number of alkyl halides is 3. The molecule has 2 atom stereocenters. The Hall–Kier alpha value is -6.11. The summed E-state index contributed by atoms with van der Waals surface area (Å²) in [5, 5.41) is 33.2. The number of halogens is 7. The van der Waals surface area contributed by atoms with Gasteiger partial charge >= 0.3 is 22.7 Å². The first-order chi connectivity index (χ1) is 31.7. The van der Waals surface area contributed by atoms with Crippen LogP contribution in [0.15, 0.2) is 119 Å². The Morgan fingerprint density at radius 2 is 1.03 bits per heavy atom. The quantitative estimate of drug-likeness (QED) is 0.0602. The third kappa shape index (κ3) is 13.1. The molecule has 0 aliphatic carbocycles. The molecule has 2 aromatic heterocycles. The van der Waals surface area contributed by atoms with E-state index in [4.69, 9.17) is 10.0 Å². The molecule has 4 aromatic carbocycles. The Balaban J connectivity index is 0.000000204. The molecule has 2 aliphatic heterocycles. The maximum Gasteiger partial charge on any atom is 0.534 e. The average Bonchev–Trinajstić information content (AvgIpc) is 3.98. The van der Waals surface area contributed by atoms with Gasteiger partial charge in [-0.2, -0.15) is 26.7 Å². The summed E-state index contributed by atoms with van der Waals surface area (Å²) in [4.78, 5) is 12.6. The number of hydrogen-bond donors (Lipinski definition) is 2. The van der Waals surface area contributed by atoms with Gasteiger partial charge in [0.2, 0.25) is 0 Å². The predicted octanol–water partition coefficient (Wildman–Crippen LogP) is 7.55. The molecule has 0 saturated carbocycles. The molecule has 6 aromatic rings. The molecule has 0 spiro atoms. The Morgan fingerprint density at radius 1 is 0.603 bits per heavy atom. The monoisotopic (exact) mass is 1060 g/mol. The molecule has 0 fully saturated rings. The zero-order valence-corrected chi connectivity index (χ0v) is 38.9. The number of aromatic nitrogens is 4. The standard InChI is InChI=1S/C22H20F2N4.C17H12F5NO3S.C6H10BN3O2.Pd/c1-28(2)21-13-12-19(26-27-21)15-8-6-14(7-9-15)18-10-11-20(25-18)22-16(23)4-3-5-17(22)24;18-12-2-1-3-13(19)16(12)15-9-8-14(23-15)10-4-6-11(7-5-10)26-27(24,25)17(20,21)22;1-10(2)6-4-3-5(7(11)12)8-9-6;/h3-9,12-13,18H,10-11H2,1-2H3;1-7,14H,8-9H2;3-4,11-12H,1-2H3;. The van der Waals surface area contributed by atoms with E-state index in [1.807, 2.05) is 69.5 Å². The molecule has 68 heavy (non-hydrogen) atoms. The second-order valence-electron chi connectivity index (χ2n) is 15.4. The minimum Gasteiger partial charge on any atom is -0.422 e. The molecule has 2 aliphatic rings. The van der Waals surface area contributed by atoms with E-state index in [1.165, 1.54) is 42.5 Å². The van der Waals surface area contributed by atoms with E-state index >= 15 is 0 Å². The van der Waals surface area contributed by atoms with Crippen molar-refractivity contribution in [2.45, 2.75) is 43.3 Å². The molecule has 13 nitrogen and oxygen atoms in total. The maximum atomic E-state index is 14.0. The second kappa shape index (κ2) is 22.8. The van der Waals surface area contributed by atoms with Crippen molar-refractivity contribution in [2.24, 2.45) is 9.98 Å². The van der Waals surface area contributed by atoms with Gasteiger partial charge in [0.25, 0.3) is 0 Å². The zero-order chi connectivity index (χ0) is 48.6. The minimum atomic E-state index is -5.75. The largest absolute Gasteiger partial charge is 0.534 e. The predicted molar refractivity (Wildman–Crippen MR) is 240 cm³/mol. The molecule has 2 unspecified atom stereocenters. The minimum absolute atomic E-state index is 0. The van der Waals surface area contributed by atoms with E-state index in [2.05, 4.69) is 34.6 Å². The van der Waals surface area contributed by atoms with Crippen molar-refractivity contribution < 1.29 is 73.8 Å². The Kier molecular flexibility index (Phi) is 17.7. The SMILES string of the molecule is CN(C)c1ccc(-c2ccc(C3CCC(c4c(F)cccc4F)=N3)cc2)nn1.CN(C)c1ccc(B(O)O)nn1.O=S(=O)(Oc1ccc(C2CCC(c3c(F)cccc3F)=N2)cc1)C(F)(F)F.[Pd]. The van der Waals surface area contributed by atoms with Gasteiger partial charge in [-0.3, -0.25) is 9.98 Å². The van der Waals surface area contributed by atoms with Crippen LogP contribution in [0, 0.1) is 23.3 Å². The molecule has 0 radical (unpaired) electrons. The van der Waals surface area contributed by atoms with Crippen molar-refractivity contribution in [1.82, 2.24) is 20.4 Å². The fourth-order valence-electron chi connectivity index (χ4n) is 6.81. The van der Waals surface area contributed by atoms with Crippen molar-refractivity contribution in [3.63, 3.8) is 0 Å². The van der Waals surface area contributed by atoms with E-state index < -0.39 is 57.8 Å². The average molecular weight is 1060 g/mol. The summed E-state index contributed by atoms with van der Waals surface area (Å²) in [5.74, 6) is -1.60. The molecular formula is C45H42BF7N8O5PdS. The number of nitrogens with zero attached hydrogens (tertiary/aromatic N) is 8. The normalized spacial score (nSPS) is 15.4. The molecule has 4 heterocycles. The number of hydrogen-bond acceptors (Lipinski definition) is 13. The number of aliphatic imine (C=N–C) groups is 2. The summed E-state index contributed by atoms with van der Waals surface area (Å²) in [6.45, 7) is 0. The fraction of sp³-hybridized carbons (Fsp3) is 0.244. The molecule has 2 N–H and O–H groups in total. The van der Waals surface area contributed by atoms with Gasteiger partial charge < -0.3 is 24.0 Å². The molecule has 360 valence electrons. The molecule has 0 saturated heterocycles. The first kappa shape index (κ1) is 52.9. The van der Waals surface area contributed by atoms with Gasteiger partial charge in [-0.05, 0) is 97.5 Å². The zero-order valence-electron chi connectivity index (χ0n) is 36.5. The van der Waals surface area contributed by atoms with Crippen LogP contribution in [-0.4, -0.2) is 91.1 Å². The van der Waals surface area contributed by atoms with Crippen molar-refractivity contribution >= 4 is 45.9 Å². The summed E-state index contributed by atoms with van der Waals surface area (Å²) in [7, 11) is 0.207. The van der Waals surface area contributed by atoms with Gasteiger partial charge in [0.05, 0.1) is 34.5 Å². The third-order valence-electron chi connectivity index (χ3n) is 10.3. The van der Waals surface area contributed by atoms with Crippen LogP contribution in [-0.2, 0) is 30.5 Å². The van der Waals surface area contributed by atoms with E-state index in [0.29, 0.717) is 36.4 Å². The van der Waals surface area contributed by atoms with Crippen LogP contribution in [0.5, 0.6) is 5.75 Å². The fourth-order valence-corrected chi connectivity index (χ4v) is 7.27. The number of anilines is 2. The molecule has 0 amide bonds. The smallest absolute Gasteiger partial charge is 0.422 e. The third-order valence-corrected chi connectivity index (χ3v) is 11.3. The van der Waals surface area contributed by atoms with Crippen LogP contribution in [0.25, 0.3) is 11.3 Å². The van der Waals surface area contributed by atoms with Crippen molar-refractivity contribution in [1.29, 1.82) is 0 Å². The van der Waals surface area contributed by atoms with Crippen molar-refractivity contribution in [3.05, 3.63) is 155 Å². The van der Waals surface area contributed by atoms with E-state index in [1.54, 1.807) is 11.0 Å². The van der Waals surface area contributed by atoms with Gasteiger partial charge in [0.1, 0.15) is 29.0 Å². The van der Waals surface area contributed by atoms with Gasteiger partial charge in [0, 0.05) is 65.6 Å². The van der Waals surface area contributed by atoms with Gasteiger partial charge in [-0.1, -0.05) is 48.5 Å². The van der Waals surface area contributed by atoms with Crippen molar-refractivity contribution in [3.8, 4) is 17.0 Å². The summed E-state index contributed by atoms with van der Waals surface area (Å²) in [6, 6.07) is 26.7. The molecule has 8 rings (SSSR count). The van der Waals surface area contributed by atoms with E-state index in [0.717, 1.165) is 53.3 Å². The van der Waals surface area contributed by atoms with Gasteiger partial charge in [0.15, 0.2) is 11.6 Å². The van der Waals surface area contributed by atoms with E-state index in [-0.39, 0.29) is 48.9 Å². The van der Waals surface area contributed by atoms with Crippen LogP contribution in [0.3, 0.4) is 0 Å². The summed E-state index contributed by atoms with van der Waals surface area (Å²) in [6.07, 6.45) is 2.06. The number of rotatable bonds is 10. The summed E-state index contributed by atoms with van der Waals surface area (Å²) in [5.41, 5.74) is -1.49. The Bertz CT molecular complexity index is 2760. The van der Waals surface area contributed by atoms with E-state index in [9.17, 15) is 39.2 Å². The van der Waals surface area contributed by atoms with Crippen LogP contribution in [0.4, 0.5) is 42.4 Å².